The van der Waals surface area contributed by atoms with Gasteiger partial charge in [-0.1, -0.05) is 29.3 Å². The lowest BCUT2D eigenvalue weighted by atomic mass is 9.80. The van der Waals surface area contributed by atoms with Crippen molar-refractivity contribution in [2.75, 3.05) is 26.8 Å². The Kier molecular flexibility index (Phi) is 7.80. The van der Waals surface area contributed by atoms with E-state index < -0.39 is 0 Å². The average molecular weight is 492 g/mol. The maximum absolute atomic E-state index is 13.9. The summed E-state index contributed by atoms with van der Waals surface area (Å²) in [4.78, 5) is 28.1. The van der Waals surface area contributed by atoms with Crippen LogP contribution in [-0.2, 0) is 29.5 Å². The molecule has 1 aromatic carbocycles. The van der Waals surface area contributed by atoms with E-state index in [1.807, 2.05) is 23.1 Å². The zero-order chi connectivity index (χ0) is 23.5. The van der Waals surface area contributed by atoms with E-state index in [2.05, 4.69) is 5.32 Å². The zero-order valence-electron chi connectivity index (χ0n) is 19.2. The van der Waals surface area contributed by atoms with Gasteiger partial charge in [0.2, 0.25) is 5.91 Å². The molecule has 178 valence electrons. The molecule has 1 aliphatic heterocycles. The molecule has 1 aromatic heterocycles. The average Bonchev–Trinajstić information content (AvgIpc) is 3.65. The summed E-state index contributed by atoms with van der Waals surface area (Å²) in [6.45, 7) is 2.46. The van der Waals surface area contributed by atoms with E-state index in [1.165, 1.54) is 0 Å². The van der Waals surface area contributed by atoms with Crippen molar-refractivity contribution in [2.24, 2.45) is 13.0 Å². The van der Waals surface area contributed by atoms with Gasteiger partial charge in [-0.2, -0.15) is 0 Å². The second kappa shape index (κ2) is 10.6. The Hall–Kier alpha value is -1.86. The maximum atomic E-state index is 13.9. The topological polar surface area (TPSA) is 63.6 Å². The standard InChI is InChI=1S/C25H31Cl2N3O3/c1-29-9-6-17(13-23(29)31)20-5-8-28-14-21(20)25(32)30(19-3-4-19)15-18-11-16(7-10-33-2)12-22(26)24(18)27/h6,9,11-13,19-21,28H,3-5,7-8,10,14-15H2,1-2H3. The van der Waals surface area contributed by atoms with E-state index in [4.69, 9.17) is 27.9 Å². The molecule has 6 nitrogen and oxygen atoms in total. The van der Waals surface area contributed by atoms with Crippen molar-refractivity contribution in [2.45, 2.75) is 44.2 Å². The van der Waals surface area contributed by atoms with Gasteiger partial charge in [-0.25, -0.2) is 0 Å². The van der Waals surface area contributed by atoms with Crippen LogP contribution >= 0.6 is 23.2 Å². The van der Waals surface area contributed by atoms with Crippen LogP contribution in [0.1, 0.15) is 41.9 Å². The number of nitrogens with zero attached hydrogens (tertiary/aromatic N) is 2. The van der Waals surface area contributed by atoms with Gasteiger partial charge in [0.05, 0.1) is 22.6 Å². The number of carbonyl (C=O) groups excluding carboxylic acids is 1. The van der Waals surface area contributed by atoms with E-state index in [0.29, 0.717) is 29.7 Å². The number of pyridine rings is 1. The monoisotopic (exact) mass is 491 g/mol. The van der Waals surface area contributed by atoms with E-state index in [-0.39, 0.29) is 29.3 Å². The number of carbonyl (C=O) groups is 1. The normalized spacial score (nSPS) is 20.6. The lowest BCUT2D eigenvalue weighted by Gasteiger charge is -2.36. The number of aromatic nitrogens is 1. The van der Waals surface area contributed by atoms with Crippen molar-refractivity contribution in [3.63, 3.8) is 0 Å². The van der Waals surface area contributed by atoms with Gasteiger partial charge in [-0.3, -0.25) is 9.59 Å². The van der Waals surface area contributed by atoms with Gasteiger partial charge in [0, 0.05) is 45.6 Å². The van der Waals surface area contributed by atoms with Crippen molar-refractivity contribution in [1.82, 2.24) is 14.8 Å². The van der Waals surface area contributed by atoms with E-state index in [0.717, 1.165) is 48.9 Å². The smallest absolute Gasteiger partial charge is 0.250 e. The Morgan fingerprint density at radius 3 is 2.73 bits per heavy atom. The molecule has 2 aliphatic rings. The zero-order valence-corrected chi connectivity index (χ0v) is 20.7. The molecular formula is C25H31Cl2N3O3. The molecule has 2 aromatic rings. The fourth-order valence-electron chi connectivity index (χ4n) is 4.67. The first-order chi connectivity index (χ1) is 15.9. The molecule has 0 bridgehead atoms. The fourth-order valence-corrected chi connectivity index (χ4v) is 5.10. The van der Waals surface area contributed by atoms with Crippen molar-refractivity contribution in [3.8, 4) is 0 Å². The molecule has 33 heavy (non-hydrogen) atoms. The highest BCUT2D eigenvalue weighted by atomic mass is 35.5. The predicted molar refractivity (Wildman–Crippen MR) is 131 cm³/mol. The van der Waals surface area contributed by atoms with Crippen LogP contribution in [0.15, 0.2) is 35.3 Å². The third-order valence-electron chi connectivity index (χ3n) is 6.73. The molecule has 1 aliphatic carbocycles. The number of rotatable bonds is 8. The van der Waals surface area contributed by atoms with Gasteiger partial charge in [-0.05, 0) is 67.0 Å². The number of ether oxygens (including phenoxy) is 1. The molecule has 1 amide bonds. The number of hydrogen-bond donors (Lipinski definition) is 1. The van der Waals surface area contributed by atoms with Crippen LogP contribution in [0.3, 0.4) is 0 Å². The van der Waals surface area contributed by atoms with Crippen LogP contribution in [0.2, 0.25) is 10.0 Å². The number of amides is 1. The molecule has 2 atom stereocenters. The van der Waals surface area contributed by atoms with Crippen molar-refractivity contribution >= 4 is 29.1 Å². The minimum atomic E-state index is -0.225. The number of nitrogens with one attached hydrogen (secondary N) is 1. The van der Waals surface area contributed by atoms with E-state index in [9.17, 15) is 9.59 Å². The third kappa shape index (κ3) is 5.62. The number of halogens is 2. The molecular weight excluding hydrogens is 461 g/mol. The molecule has 0 spiro atoms. The fraction of sp³-hybridized carbons (Fsp3) is 0.520. The summed E-state index contributed by atoms with van der Waals surface area (Å²) in [6.07, 6.45) is 5.33. The van der Waals surface area contributed by atoms with Gasteiger partial charge in [0.1, 0.15) is 0 Å². The lowest BCUT2D eigenvalue weighted by Crippen LogP contribution is -2.47. The van der Waals surface area contributed by atoms with Gasteiger partial charge in [0.15, 0.2) is 0 Å². The second-order valence-corrected chi connectivity index (χ2v) is 9.89. The lowest BCUT2D eigenvalue weighted by molar-refractivity contribution is -0.138. The summed E-state index contributed by atoms with van der Waals surface area (Å²) in [5.41, 5.74) is 2.80. The summed E-state index contributed by atoms with van der Waals surface area (Å²) in [5, 5.41) is 4.38. The highest BCUT2D eigenvalue weighted by molar-refractivity contribution is 6.42. The number of methoxy groups -OCH3 is 1. The SMILES string of the molecule is COCCc1cc(Cl)c(Cl)c(CN(C(=O)C2CNCCC2c2ccn(C)c(=O)c2)C2CC2)c1. The first-order valence-electron chi connectivity index (χ1n) is 11.5. The Bertz CT molecular complexity index is 1070. The van der Waals surface area contributed by atoms with Crippen molar-refractivity contribution in [3.05, 3.63) is 67.6 Å². The number of aryl methyl sites for hydroxylation is 1. The van der Waals surface area contributed by atoms with Crippen LogP contribution in [0, 0.1) is 5.92 Å². The van der Waals surface area contributed by atoms with Gasteiger partial charge in [-0.15, -0.1) is 0 Å². The molecule has 2 heterocycles. The summed E-state index contributed by atoms with van der Waals surface area (Å²) >= 11 is 13.0. The molecule has 4 rings (SSSR count). The molecule has 1 N–H and O–H groups in total. The number of benzene rings is 1. The quantitative estimate of drug-likeness (QED) is 0.610. The highest BCUT2D eigenvalue weighted by Gasteiger charge is 2.40. The summed E-state index contributed by atoms with van der Waals surface area (Å²) in [6, 6.07) is 7.77. The van der Waals surface area contributed by atoms with Crippen LogP contribution in [0.5, 0.6) is 0 Å². The van der Waals surface area contributed by atoms with Crippen molar-refractivity contribution in [1.29, 1.82) is 0 Å². The molecule has 2 unspecified atom stereocenters. The second-order valence-electron chi connectivity index (χ2n) is 9.11. The molecule has 0 radical (unpaired) electrons. The first kappa shape index (κ1) is 24.3. The predicted octanol–water partition coefficient (Wildman–Crippen LogP) is 3.77. The minimum absolute atomic E-state index is 0.0148. The summed E-state index contributed by atoms with van der Waals surface area (Å²) < 4.78 is 6.76. The highest BCUT2D eigenvalue weighted by Crippen LogP contribution is 2.37. The Balaban J connectivity index is 1.60. The number of piperidine rings is 1. The Morgan fingerprint density at radius 2 is 2.03 bits per heavy atom. The van der Waals surface area contributed by atoms with E-state index in [1.54, 1.807) is 31.0 Å². The Morgan fingerprint density at radius 1 is 1.24 bits per heavy atom. The third-order valence-corrected chi connectivity index (χ3v) is 7.57. The van der Waals surface area contributed by atoms with Crippen LogP contribution in [0.4, 0.5) is 0 Å². The van der Waals surface area contributed by atoms with Crippen LogP contribution < -0.4 is 10.9 Å². The first-order valence-corrected chi connectivity index (χ1v) is 12.3. The molecule has 2 fully saturated rings. The van der Waals surface area contributed by atoms with Gasteiger partial charge >= 0.3 is 0 Å². The van der Waals surface area contributed by atoms with Crippen LogP contribution in [0.25, 0.3) is 0 Å². The molecule has 1 saturated carbocycles. The minimum Gasteiger partial charge on any atom is -0.384 e. The van der Waals surface area contributed by atoms with Gasteiger partial charge < -0.3 is 19.5 Å². The summed E-state index contributed by atoms with van der Waals surface area (Å²) in [7, 11) is 3.41. The number of hydrogen-bond acceptors (Lipinski definition) is 4. The maximum Gasteiger partial charge on any atom is 0.250 e. The van der Waals surface area contributed by atoms with Gasteiger partial charge in [0.25, 0.3) is 5.56 Å². The molecule has 1 saturated heterocycles. The molecule has 8 heteroatoms. The Labute approximate surface area is 204 Å². The largest absolute Gasteiger partial charge is 0.384 e. The van der Waals surface area contributed by atoms with Crippen molar-refractivity contribution < 1.29 is 9.53 Å². The summed E-state index contributed by atoms with van der Waals surface area (Å²) in [5.74, 6) is -0.0942. The van der Waals surface area contributed by atoms with E-state index >= 15 is 0 Å². The van der Waals surface area contributed by atoms with Crippen LogP contribution in [-0.4, -0.2) is 48.2 Å².